The van der Waals surface area contributed by atoms with Crippen molar-refractivity contribution in [2.75, 3.05) is 11.4 Å². The number of hydrogen-bond donors (Lipinski definition) is 1. The SMILES string of the molecule is C=CC1CC(=O)N(c2ncnc3[nH]ncc23)C1. The summed E-state index contributed by atoms with van der Waals surface area (Å²) in [7, 11) is 0. The molecule has 86 valence electrons. The first-order chi connectivity index (χ1) is 8.29. The number of aromatic amines is 1. The molecule has 0 spiro atoms. The number of hydrogen-bond acceptors (Lipinski definition) is 4. The maximum atomic E-state index is 11.9. The monoisotopic (exact) mass is 229 g/mol. The first-order valence-corrected chi connectivity index (χ1v) is 5.36. The molecule has 0 aliphatic carbocycles. The molecule has 1 atom stereocenters. The number of H-pyrrole nitrogens is 1. The standard InChI is InChI=1S/C11H11N5O/c1-2-7-3-9(17)16(5-7)11-8-4-14-15-10(8)12-6-13-11/h2,4,6-7H,1,3,5H2,(H,12,13,14,15). The zero-order valence-electron chi connectivity index (χ0n) is 9.13. The lowest BCUT2D eigenvalue weighted by atomic mass is 10.1. The van der Waals surface area contributed by atoms with Crippen LogP contribution in [0.25, 0.3) is 11.0 Å². The van der Waals surface area contributed by atoms with Gasteiger partial charge in [0.1, 0.15) is 12.1 Å². The maximum absolute atomic E-state index is 11.9. The summed E-state index contributed by atoms with van der Waals surface area (Å²) in [5, 5.41) is 7.45. The minimum atomic E-state index is 0.0658. The van der Waals surface area contributed by atoms with Crippen LogP contribution in [0.2, 0.25) is 0 Å². The Hall–Kier alpha value is -2.24. The smallest absolute Gasteiger partial charge is 0.228 e. The van der Waals surface area contributed by atoms with E-state index < -0.39 is 0 Å². The van der Waals surface area contributed by atoms with E-state index in [4.69, 9.17) is 0 Å². The van der Waals surface area contributed by atoms with Crippen LogP contribution in [0.5, 0.6) is 0 Å². The minimum Gasteiger partial charge on any atom is -0.295 e. The summed E-state index contributed by atoms with van der Waals surface area (Å²) in [6, 6.07) is 0. The molecule has 17 heavy (non-hydrogen) atoms. The summed E-state index contributed by atoms with van der Waals surface area (Å²) in [6.07, 6.45) is 5.38. The summed E-state index contributed by atoms with van der Waals surface area (Å²) in [5.41, 5.74) is 0.643. The third-order valence-corrected chi connectivity index (χ3v) is 2.97. The highest BCUT2D eigenvalue weighted by Crippen LogP contribution is 2.28. The molecule has 6 nitrogen and oxygen atoms in total. The molecular formula is C11H11N5O. The fourth-order valence-electron chi connectivity index (χ4n) is 2.07. The van der Waals surface area contributed by atoms with Crippen molar-refractivity contribution in [1.82, 2.24) is 20.2 Å². The van der Waals surface area contributed by atoms with E-state index in [9.17, 15) is 4.79 Å². The van der Waals surface area contributed by atoms with E-state index in [2.05, 4.69) is 26.7 Å². The van der Waals surface area contributed by atoms with Crippen molar-refractivity contribution in [3.63, 3.8) is 0 Å². The van der Waals surface area contributed by atoms with Crippen molar-refractivity contribution in [2.45, 2.75) is 6.42 Å². The fourth-order valence-corrected chi connectivity index (χ4v) is 2.07. The Morgan fingerprint density at radius 3 is 3.18 bits per heavy atom. The number of amides is 1. The summed E-state index contributed by atoms with van der Waals surface area (Å²) in [5.74, 6) is 0.883. The van der Waals surface area contributed by atoms with Crippen LogP contribution >= 0.6 is 0 Å². The Kier molecular flexibility index (Phi) is 2.14. The average Bonchev–Trinajstić information content (AvgIpc) is 2.94. The Labute approximate surface area is 97.4 Å². The molecule has 6 heteroatoms. The van der Waals surface area contributed by atoms with Crippen LogP contribution in [-0.4, -0.2) is 32.6 Å². The lowest BCUT2D eigenvalue weighted by Gasteiger charge is -2.15. The molecule has 1 unspecified atom stereocenters. The van der Waals surface area contributed by atoms with Gasteiger partial charge < -0.3 is 0 Å². The summed E-state index contributed by atoms with van der Waals surface area (Å²) in [6.45, 7) is 4.35. The second kappa shape index (κ2) is 3.65. The van der Waals surface area contributed by atoms with Gasteiger partial charge in [-0.05, 0) is 0 Å². The van der Waals surface area contributed by atoms with Crippen molar-refractivity contribution in [3.05, 3.63) is 25.2 Å². The number of fused-ring (bicyclic) bond motifs is 1. The molecule has 2 aromatic rings. The molecule has 0 saturated carbocycles. The second-order valence-electron chi connectivity index (χ2n) is 4.03. The quantitative estimate of drug-likeness (QED) is 0.776. The molecule has 3 heterocycles. The molecule has 0 bridgehead atoms. The zero-order chi connectivity index (χ0) is 11.8. The molecule has 0 aromatic carbocycles. The summed E-state index contributed by atoms with van der Waals surface area (Å²) < 4.78 is 0. The number of aromatic nitrogens is 4. The highest BCUT2D eigenvalue weighted by molar-refractivity contribution is 6.01. The van der Waals surface area contributed by atoms with Gasteiger partial charge in [-0.2, -0.15) is 5.10 Å². The van der Waals surface area contributed by atoms with Gasteiger partial charge in [-0.15, -0.1) is 6.58 Å². The number of carbonyl (C=O) groups excluding carboxylic acids is 1. The Morgan fingerprint density at radius 1 is 1.53 bits per heavy atom. The van der Waals surface area contributed by atoms with E-state index in [1.54, 1.807) is 11.1 Å². The van der Waals surface area contributed by atoms with Gasteiger partial charge in [-0.3, -0.25) is 14.8 Å². The van der Waals surface area contributed by atoms with Crippen molar-refractivity contribution in [3.8, 4) is 0 Å². The number of nitrogens with one attached hydrogen (secondary N) is 1. The van der Waals surface area contributed by atoms with Gasteiger partial charge in [0.15, 0.2) is 5.65 Å². The van der Waals surface area contributed by atoms with E-state index in [-0.39, 0.29) is 11.8 Å². The highest BCUT2D eigenvalue weighted by Gasteiger charge is 2.30. The third kappa shape index (κ3) is 1.49. The lowest BCUT2D eigenvalue weighted by molar-refractivity contribution is -0.117. The van der Waals surface area contributed by atoms with Gasteiger partial charge in [0, 0.05) is 18.9 Å². The van der Waals surface area contributed by atoms with Crippen LogP contribution in [-0.2, 0) is 4.79 Å². The molecule has 1 N–H and O–H groups in total. The zero-order valence-corrected chi connectivity index (χ0v) is 9.13. The number of anilines is 1. The first-order valence-electron chi connectivity index (χ1n) is 5.36. The summed E-state index contributed by atoms with van der Waals surface area (Å²) in [4.78, 5) is 21.8. The number of carbonyl (C=O) groups is 1. The molecule has 0 radical (unpaired) electrons. The molecule has 1 aliphatic rings. The van der Waals surface area contributed by atoms with Gasteiger partial charge in [0.25, 0.3) is 0 Å². The van der Waals surface area contributed by atoms with Gasteiger partial charge in [-0.1, -0.05) is 6.08 Å². The van der Waals surface area contributed by atoms with Crippen LogP contribution in [0.4, 0.5) is 5.82 Å². The Morgan fingerprint density at radius 2 is 2.41 bits per heavy atom. The second-order valence-corrected chi connectivity index (χ2v) is 4.03. The van der Waals surface area contributed by atoms with Gasteiger partial charge >= 0.3 is 0 Å². The molecule has 1 fully saturated rings. The van der Waals surface area contributed by atoms with Crippen LogP contribution in [0.1, 0.15) is 6.42 Å². The Balaban J connectivity index is 2.07. The molecule has 3 rings (SSSR count). The average molecular weight is 229 g/mol. The van der Waals surface area contributed by atoms with Gasteiger partial charge in [0.2, 0.25) is 5.91 Å². The predicted molar refractivity (Wildman–Crippen MR) is 62.3 cm³/mol. The van der Waals surface area contributed by atoms with Crippen LogP contribution < -0.4 is 4.90 Å². The van der Waals surface area contributed by atoms with Gasteiger partial charge in [-0.25, -0.2) is 9.97 Å². The lowest BCUT2D eigenvalue weighted by Crippen LogP contribution is -2.25. The normalized spacial score (nSPS) is 20.1. The highest BCUT2D eigenvalue weighted by atomic mass is 16.2. The van der Waals surface area contributed by atoms with Crippen LogP contribution in [0.15, 0.2) is 25.2 Å². The number of nitrogens with zero attached hydrogens (tertiary/aromatic N) is 4. The largest absolute Gasteiger partial charge is 0.295 e. The number of rotatable bonds is 2. The van der Waals surface area contributed by atoms with Crippen molar-refractivity contribution in [2.24, 2.45) is 5.92 Å². The van der Waals surface area contributed by atoms with Crippen LogP contribution in [0, 0.1) is 5.92 Å². The topological polar surface area (TPSA) is 74.8 Å². The molecular weight excluding hydrogens is 218 g/mol. The summed E-state index contributed by atoms with van der Waals surface area (Å²) >= 11 is 0. The van der Waals surface area contributed by atoms with Gasteiger partial charge in [0.05, 0.1) is 11.6 Å². The maximum Gasteiger partial charge on any atom is 0.228 e. The van der Waals surface area contributed by atoms with Crippen molar-refractivity contribution < 1.29 is 4.79 Å². The van der Waals surface area contributed by atoms with E-state index in [1.165, 1.54) is 6.33 Å². The van der Waals surface area contributed by atoms with Crippen molar-refractivity contribution in [1.29, 1.82) is 0 Å². The molecule has 1 aliphatic heterocycles. The minimum absolute atomic E-state index is 0.0658. The fraction of sp³-hybridized carbons (Fsp3) is 0.273. The van der Waals surface area contributed by atoms with E-state index in [0.29, 0.717) is 24.4 Å². The first kappa shape index (κ1) is 9.95. The molecule has 1 saturated heterocycles. The van der Waals surface area contributed by atoms with E-state index in [0.717, 1.165) is 5.39 Å². The predicted octanol–water partition coefficient (Wildman–Crippen LogP) is 0.892. The molecule has 2 aromatic heterocycles. The van der Waals surface area contributed by atoms with E-state index >= 15 is 0 Å². The van der Waals surface area contributed by atoms with Crippen molar-refractivity contribution >= 4 is 22.8 Å². The Bertz CT molecular complexity index is 590. The van der Waals surface area contributed by atoms with E-state index in [1.807, 2.05) is 6.08 Å². The third-order valence-electron chi connectivity index (χ3n) is 2.97. The van der Waals surface area contributed by atoms with Crippen LogP contribution in [0.3, 0.4) is 0 Å². The molecule has 1 amide bonds.